The Balaban J connectivity index is 2.68. The fourth-order valence-corrected chi connectivity index (χ4v) is 1.36. The highest BCUT2D eigenvalue weighted by atomic mass is 16.6. The summed E-state index contributed by atoms with van der Waals surface area (Å²) in [6, 6.07) is 6.69. The van der Waals surface area contributed by atoms with Gasteiger partial charge in [0.2, 0.25) is 0 Å². The van der Waals surface area contributed by atoms with Crippen LogP contribution in [-0.4, -0.2) is 31.3 Å². The summed E-state index contributed by atoms with van der Waals surface area (Å²) in [4.78, 5) is 23.9. The molecule has 6 heteroatoms. The number of hydrogen-bond donors (Lipinski definition) is 1. The average Bonchev–Trinajstić information content (AvgIpc) is 2.34. The summed E-state index contributed by atoms with van der Waals surface area (Å²) in [5.74, 6) is -0.0370. The third-order valence-corrected chi connectivity index (χ3v) is 2.27. The van der Waals surface area contributed by atoms with Crippen molar-refractivity contribution >= 4 is 17.7 Å². The lowest BCUT2D eigenvalue weighted by atomic mass is 10.2. The number of nitrogens with two attached hydrogens (primary N) is 1. The van der Waals surface area contributed by atoms with E-state index in [9.17, 15) is 9.59 Å². The molecule has 2 N–H and O–H groups in total. The Labute approximate surface area is 118 Å². The molecule has 0 radical (unpaired) electrons. The van der Waals surface area contributed by atoms with Crippen molar-refractivity contribution in [1.29, 1.82) is 0 Å². The van der Waals surface area contributed by atoms with Gasteiger partial charge in [0, 0.05) is 12.7 Å². The van der Waals surface area contributed by atoms with Crippen LogP contribution in [0, 0.1) is 0 Å². The van der Waals surface area contributed by atoms with Gasteiger partial charge in [-0.2, -0.15) is 0 Å². The van der Waals surface area contributed by atoms with Crippen molar-refractivity contribution in [2.75, 3.05) is 18.6 Å². The van der Waals surface area contributed by atoms with E-state index in [1.54, 1.807) is 52.1 Å². The highest BCUT2D eigenvalue weighted by Crippen LogP contribution is 2.20. The van der Waals surface area contributed by atoms with Crippen LogP contribution < -0.4 is 15.4 Å². The lowest BCUT2D eigenvalue weighted by Gasteiger charge is -2.24. The SMILES string of the molecule is CN(C(=O)OC(C)(C)C)c1ccc(OCC(N)=O)cc1. The molecule has 0 aliphatic carbocycles. The molecular formula is C14H20N2O4. The van der Waals surface area contributed by atoms with E-state index in [0.29, 0.717) is 11.4 Å². The Morgan fingerprint density at radius 2 is 1.75 bits per heavy atom. The van der Waals surface area contributed by atoms with Crippen molar-refractivity contribution < 1.29 is 19.1 Å². The minimum absolute atomic E-state index is 0.179. The first-order valence-electron chi connectivity index (χ1n) is 6.17. The first kappa shape index (κ1) is 15.8. The van der Waals surface area contributed by atoms with Crippen LogP contribution in [0.25, 0.3) is 0 Å². The molecule has 1 rings (SSSR count). The number of carbonyl (C=O) groups is 2. The normalized spacial score (nSPS) is 10.8. The fraction of sp³-hybridized carbons (Fsp3) is 0.429. The number of rotatable bonds is 4. The summed E-state index contributed by atoms with van der Waals surface area (Å²) in [6.07, 6.45) is -0.441. The zero-order valence-corrected chi connectivity index (χ0v) is 12.2. The predicted molar refractivity (Wildman–Crippen MR) is 75.8 cm³/mol. The Bertz CT molecular complexity index is 477. The van der Waals surface area contributed by atoms with E-state index in [4.69, 9.17) is 15.2 Å². The van der Waals surface area contributed by atoms with E-state index in [-0.39, 0.29) is 6.61 Å². The molecule has 0 saturated heterocycles. The average molecular weight is 280 g/mol. The Morgan fingerprint density at radius 1 is 1.20 bits per heavy atom. The number of primary amides is 1. The molecule has 1 aromatic carbocycles. The molecule has 110 valence electrons. The van der Waals surface area contributed by atoms with Crippen LogP contribution in [0.5, 0.6) is 5.75 Å². The molecule has 0 spiro atoms. The Hall–Kier alpha value is -2.24. The molecule has 0 aliphatic heterocycles. The molecule has 0 fully saturated rings. The summed E-state index contributed by atoms with van der Waals surface area (Å²) < 4.78 is 10.4. The number of amides is 2. The van der Waals surface area contributed by atoms with Gasteiger partial charge in [0.25, 0.3) is 5.91 Å². The summed E-state index contributed by atoms with van der Waals surface area (Å²) in [5, 5.41) is 0. The molecule has 0 saturated carbocycles. The standard InChI is InChI=1S/C14H20N2O4/c1-14(2,3)20-13(18)16(4)10-5-7-11(8-6-10)19-9-12(15)17/h5-8H,9H2,1-4H3,(H2,15,17). The third kappa shape index (κ3) is 5.17. The zero-order valence-electron chi connectivity index (χ0n) is 12.2. The van der Waals surface area contributed by atoms with E-state index in [1.807, 2.05) is 0 Å². The van der Waals surface area contributed by atoms with Crippen LogP contribution in [0.15, 0.2) is 24.3 Å². The van der Waals surface area contributed by atoms with Crippen molar-refractivity contribution in [3.8, 4) is 5.75 Å². The summed E-state index contributed by atoms with van der Waals surface area (Å²) >= 11 is 0. The van der Waals surface area contributed by atoms with E-state index < -0.39 is 17.6 Å². The van der Waals surface area contributed by atoms with Crippen LogP contribution in [-0.2, 0) is 9.53 Å². The van der Waals surface area contributed by atoms with Crippen molar-refractivity contribution in [3.05, 3.63) is 24.3 Å². The monoisotopic (exact) mass is 280 g/mol. The van der Waals surface area contributed by atoms with Crippen LogP contribution in [0.2, 0.25) is 0 Å². The molecule has 0 bridgehead atoms. The molecule has 0 atom stereocenters. The maximum absolute atomic E-state index is 11.9. The van der Waals surface area contributed by atoms with E-state index in [1.165, 1.54) is 4.90 Å². The smallest absolute Gasteiger partial charge is 0.414 e. The van der Waals surface area contributed by atoms with Gasteiger partial charge in [0.1, 0.15) is 11.4 Å². The van der Waals surface area contributed by atoms with E-state index >= 15 is 0 Å². The number of nitrogens with zero attached hydrogens (tertiary/aromatic N) is 1. The van der Waals surface area contributed by atoms with Crippen LogP contribution >= 0.6 is 0 Å². The molecule has 20 heavy (non-hydrogen) atoms. The van der Waals surface area contributed by atoms with Crippen molar-refractivity contribution in [2.24, 2.45) is 5.73 Å². The molecule has 0 unspecified atom stereocenters. The first-order valence-corrected chi connectivity index (χ1v) is 6.17. The minimum atomic E-state index is -0.546. The fourth-order valence-electron chi connectivity index (χ4n) is 1.36. The molecule has 6 nitrogen and oxygen atoms in total. The van der Waals surface area contributed by atoms with Gasteiger partial charge in [-0.25, -0.2) is 4.79 Å². The molecular weight excluding hydrogens is 260 g/mol. The summed E-state index contributed by atoms with van der Waals surface area (Å²) in [7, 11) is 1.62. The van der Waals surface area contributed by atoms with Gasteiger partial charge in [-0.05, 0) is 45.0 Å². The van der Waals surface area contributed by atoms with Crippen molar-refractivity contribution in [1.82, 2.24) is 0 Å². The second-order valence-corrected chi connectivity index (χ2v) is 5.29. The molecule has 0 aliphatic rings. The van der Waals surface area contributed by atoms with Crippen molar-refractivity contribution in [3.63, 3.8) is 0 Å². The van der Waals surface area contributed by atoms with Crippen molar-refractivity contribution in [2.45, 2.75) is 26.4 Å². The molecule has 0 aromatic heterocycles. The van der Waals surface area contributed by atoms with Gasteiger partial charge in [0.15, 0.2) is 6.61 Å². The first-order chi connectivity index (χ1) is 9.19. The number of anilines is 1. The predicted octanol–water partition coefficient (Wildman–Crippen LogP) is 1.92. The quantitative estimate of drug-likeness (QED) is 0.913. The highest BCUT2D eigenvalue weighted by molar-refractivity contribution is 5.87. The highest BCUT2D eigenvalue weighted by Gasteiger charge is 2.20. The van der Waals surface area contributed by atoms with Gasteiger partial charge in [-0.1, -0.05) is 0 Å². The number of ether oxygens (including phenoxy) is 2. The Kier molecular flexibility index (Phi) is 4.96. The third-order valence-electron chi connectivity index (χ3n) is 2.27. The van der Waals surface area contributed by atoms with Crippen LogP contribution in [0.1, 0.15) is 20.8 Å². The van der Waals surface area contributed by atoms with E-state index in [2.05, 4.69) is 0 Å². The van der Waals surface area contributed by atoms with Gasteiger partial charge < -0.3 is 15.2 Å². The van der Waals surface area contributed by atoms with Crippen LogP contribution in [0.3, 0.4) is 0 Å². The van der Waals surface area contributed by atoms with Gasteiger partial charge in [-0.3, -0.25) is 9.69 Å². The van der Waals surface area contributed by atoms with Gasteiger partial charge in [0.05, 0.1) is 0 Å². The maximum Gasteiger partial charge on any atom is 0.414 e. The minimum Gasteiger partial charge on any atom is -0.484 e. The van der Waals surface area contributed by atoms with Gasteiger partial charge >= 0.3 is 6.09 Å². The summed E-state index contributed by atoms with van der Waals surface area (Å²) in [5.41, 5.74) is 5.10. The number of carbonyl (C=O) groups excluding carboxylic acids is 2. The Morgan fingerprint density at radius 3 is 2.20 bits per heavy atom. The largest absolute Gasteiger partial charge is 0.484 e. The molecule has 0 heterocycles. The number of hydrogen-bond acceptors (Lipinski definition) is 4. The van der Waals surface area contributed by atoms with E-state index in [0.717, 1.165) is 0 Å². The molecule has 1 aromatic rings. The second-order valence-electron chi connectivity index (χ2n) is 5.29. The van der Waals surface area contributed by atoms with Crippen LogP contribution in [0.4, 0.5) is 10.5 Å². The summed E-state index contributed by atoms with van der Waals surface area (Å²) in [6.45, 7) is 5.24. The lowest BCUT2D eigenvalue weighted by molar-refractivity contribution is -0.119. The molecule has 2 amide bonds. The topological polar surface area (TPSA) is 81.9 Å². The second kappa shape index (κ2) is 6.27. The zero-order chi connectivity index (χ0) is 15.3. The lowest BCUT2D eigenvalue weighted by Crippen LogP contribution is -2.34. The maximum atomic E-state index is 11.9. The number of benzene rings is 1. The van der Waals surface area contributed by atoms with Gasteiger partial charge in [-0.15, -0.1) is 0 Å².